The van der Waals surface area contributed by atoms with Gasteiger partial charge in [-0.25, -0.2) is 12.7 Å². The number of likely N-dealkylation sites (tertiary alicyclic amines) is 1. The van der Waals surface area contributed by atoms with E-state index in [9.17, 15) is 18.3 Å². The van der Waals surface area contributed by atoms with Crippen molar-refractivity contribution in [2.45, 2.75) is 55.9 Å². The maximum atomic E-state index is 12.2. The monoisotopic (exact) mass is 302 g/mol. The Morgan fingerprint density at radius 1 is 1.00 bits per heavy atom. The topological polar surface area (TPSA) is 77.9 Å². The van der Waals surface area contributed by atoms with Crippen molar-refractivity contribution < 1.29 is 18.3 Å². The van der Waals surface area contributed by atoms with E-state index in [4.69, 9.17) is 0 Å². The molecule has 3 aliphatic rings. The SMILES string of the molecule is O=C(O)C1CCCN1C1CCN(S(=O)(=O)C2CC2)CC1. The highest BCUT2D eigenvalue weighted by Crippen LogP contribution is 2.33. The van der Waals surface area contributed by atoms with Gasteiger partial charge in [-0.15, -0.1) is 0 Å². The molecular formula is C13H22N2O4S. The summed E-state index contributed by atoms with van der Waals surface area (Å²) < 4.78 is 26.0. The van der Waals surface area contributed by atoms with Gasteiger partial charge in [0.1, 0.15) is 6.04 Å². The third kappa shape index (κ3) is 2.58. The summed E-state index contributed by atoms with van der Waals surface area (Å²) >= 11 is 0. The minimum atomic E-state index is -3.07. The van der Waals surface area contributed by atoms with Crippen LogP contribution in [-0.2, 0) is 14.8 Å². The largest absolute Gasteiger partial charge is 0.480 e. The molecule has 2 saturated heterocycles. The minimum Gasteiger partial charge on any atom is -0.480 e. The summed E-state index contributed by atoms with van der Waals surface area (Å²) in [6.07, 6.45) is 4.77. The van der Waals surface area contributed by atoms with Gasteiger partial charge in [0.05, 0.1) is 5.25 Å². The summed E-state index contributed by atoms with van der Waals surface area (Å²) in [7, 11) is -3.07. The molecule has 0 spiro atoms. The summed E-state index contributed by atoms with van der Waals surface area (Å²) in [6.45, 7) is 1.93. The summed E-state index contributed by atoms with van der Waals surface area (Å²) in [4.78, 5) is 13.3. The molecule has 7 heteroatoms. The molecule has 1 N–H and O–H groups in total. The summed E-state index contributed by atoms with van der Waals surface area (Å²) in [5.74, 6) is -0.740. The third-order valence-corrected chi connectivity index (χ3v) is 7.18. The van der Waals surface area contributed by atoms with Crippen molar-refractivity contribution in [1.82, 2.24) is 9.21 Å². The third-order valence-electron chi connectivity index (χ3n) is 4.78. The standard InChI is InChI=1S/C13H22N2O4S/c16-13(17)12-2-1-7-15(12)10-5-8-14(9-6-10)20(18,19)11-3-4-11/h10-12H,1-9H2,(H,16,17). The highest BCUT2D eigenvalue weighted by Gasteiger charge is 2.43. The number of rotatable bonds is 4. The van der Waals surface area contributed by atoms with E-state index < -0.39 is 16.0 Å². The summed E-state index contributed by atoms with van der Waals surface area (Å²) in [5, 5.41) is 9.09. The van der Waals surface area contributed by atoms with Crippen molar-refractivity contribution in [3.05, 3.63) is 0 Å². The van der Waals surface area contributed by atoms with E-state index in [1.165, 1.54) is 0 Å². The molecule has 20 heavy (non-hydrogen) atoms. The first kappa shape index (κ1) is 14.3. The van der Waals surface area contributed by atoms with E-state index in [2.05, 4.69) is 4.90 Å². The number of hydrogen-bond donors (Lipinski definition) is 1. The lowest BCUT2D eigenvalue weighted by Gasteiger charge is -2.37. The Bertz CT molecular complexity index is 481. The molecule has 0 radical (unpaired) electrons. The molecule has 0 bridgehead atoms. The second-order valence-corrected chi connectivity index (χ2v) is 8.32. The van der Waals surface area contributed by atoms with Crippen molar-refractivity contribution >= 4 is 16.0 Å². The number of carboxylic acids is 1. The highest BCUT2D eigenvalue weighted by molar-refractivity contribution is 7.90. The Hall–Kier alpha value is -0.660. The molecule has 0 aromatic heterocycles. The molecule has 2 heterocycles. The number of hydrogen-bond acceptors (Lipinski definition) is 4. The van der Waals surface area contributed by atoms with Crippen molar-refractivity contribution in [3.63, 3.8) is 0 Å². The molecule has 1 unspecified atom stereocenters. The molecule has 0 amide bonds. The Morgan fingerprint density at radius 2 is 1.65 bits per heavy atom. The molecule has 1 aliphatic carbocycles. The number of sulfonamides is 1. The Balaban J connectivity index is 1.60. The fourth-order valence-electron chi connectivity index (χ4n) is 3.50. The molecule has 0 aromatic carbocycles. The van der Waals surface area contributed by atoms with E-state index in [-0.39, 0.29) is 17.3 Å². The molecule has 3 rings (SSSR count). The minimum absolute atomic E-state index is 0.141. The van der Waals surface area contributed by atoms with Crippen LogP contribution in [0.3, 0.4) is 0 Å². The van der Waals surface area contributed by atoms with Crippen LogP contribution in [0.15, 0.2) is 0 Å². The lowest BCUT2D eigenvalue weighted by atomic mass is 10.0. The number of piperidine rings is 1. The molecule has 2 aliphatic heterocycles. The lowest BCUT2D eigenvalue weighted by Crippen LogP contribution is -2.50. The number of carbonyl (C=O) groups is 1. The fourth-order valence-corrected chi connectivity index (χ4v) is 5.37. The average molecular weight is 302 g/mol. The maximum absolute atomic E-state index is 12.2. The van der Waals surface area contributed by atoms with Crippen LogP contribution in [0.5, 0.6) is 0 Å². The van der Waals surface area contributed by atoms with Crippen LogP contribution in [0.4, 0.5) is 0 Å². The van der Waals surface area contributed by atoms with Gasteiger partial charge in [0.2, 0.25) is 10.0 Å². The first-order valence-electron chi connectivity index (χ1n) is 7.47. The molecule has 114 valence electrons. The molecular weight excluding hydrogens is 280 g/mol. The van der Waals surface area contributed by atoms with E-state index in [1.807, 2.05) is 0 Å². The second-order valence-electron chi connectivity index (χ2n) is 6.11. The van der Waals surface area contributed by atoms with Crippen LogP contribution in [0.25, 0.3) is 0 Å². The fraction of sp³-hybridized carbons (Fsp3) is 0.923. The smallest absolute Gasteiger partial charge is 0.320 e. The van der Waals surface area contributed by atoms with Crippen molar-refractivity contribution in [2.75, 3.05) is 19.6 Å². The van der Waals surface area contributed by atoms with Crippen molar-refractivity contribution in [2.24, 2.45) is 0 Å². The quantitative estimate of drug-likeness (QED) is 0.818. The number of nitrogens with zero attached hydrogens (tertiary/aromatic N) is 2. The Kier molecular flexibility index (Phi) is 3.77. The summed E-state index contributed by atoms with van der Waals surface area (Å²) in [6, 6.07) is -0.143. The van der Waals surface area contributed by atoms with Crippen LogP contribution in [0.1, 0.15) is 38.5 Å². The van der Waals surface area contributed by atoms with E-state index in [0.29, 0.717) is 13.1 Å². The average Bonchev–Trinajstić information content (AvgIpc) is 3.17. The van der Waals surface area contributed by atoms with Crippen LogP contribution < -0.4 is 0 Å². The van der Waals surface area contributed by atoms with Crippen LogP contribution in [-0.4, -0.2) is 65.7 Å². The van der Waals surface area contributed by atoms with Gasteiger partial charge in [0.15, 0.2) is 0 Å². The number of carboxylic acid groups (broad SMARTS) is 1. The van der Waals surface area contributed by atoms with Gasteiger partial charge in [0.25, 0.3) is 0 Å². The first-order chi connectivity index (χ1) is 9.50. The Morgan fingerprint density at radius 3 is 2.20 bits per heavy atom. The van der Waals surface area contributed by atoms with Crippen LogP contribution in [0, 0.1) is 0 Å². The van der Waals surface area contributed by atoms with Gasteiger partial charge in [-0.3, -0.25) is 9.69 Å². The van der Waals surface area contributed by atoms with Crippen LogP contribution in [0.2, 0.25) is 0 Å². The molecule has 0 aromatic rings. The lowest BCUT2D eigenvalue weighted by molar-refractivity contribution is -0.143. The van der Waals surface area contributed by atoms with Gasteiger partial charge in [-0.2, -0.15) is 0 Å². The Labute approximate surface area is 119 Å². The van der Waals surface area contributed by atoms with E-state index >= 15 is 0 Å². The maximum Gasteiger partial charge on any atom is 0.320 e. The van der Waals surface area contributed by atoms with Gasteiger partial charge in [-0.05, 0) is 45.1 Å². The molecule has 1 atom stereocenters. The predicted octanol–water partition coefficient (Wildman–Crippen LogP) is 0.492. The zero-order valence-corrected chi connectivity index (χ0v) is 12.4. The van der Waals surface area contributed by atoms with Gasteiger partial charge >= 0.3 is 5.97 Å². The van der Waals surface area contributed by atoms with E-state index in [1.54, 1.807) is 4.31 Å². The summed E-state index contributed by atoms with van der Waals surface area (Å²) in [5.41, 5.74) is 0. The number of aliphatic carboxylic acids is 1. The van der Waals surface area contributed by atoms with E-state index in [0.717, 1.165) is 45.1 Å². The highest BCUT2D eigenvalue weighted by atomic mass is 32.2. The second kappa shape index (κ2) is 5.27. The first-order valence-corrected chi connectivity index (χ1v) is 8.98. The predicted molar refractivity (Wildman–Crippen MR) is 73.9 cm³/mol. The molecule has 3 fully saturated rings. The molecule has 1 saturated carbocycles. The van der Waals surface area contributed by atoms with Gasteiger partial charge in [-0.1, -0.05) is 0 Å². The zero-order chi connectivity index (χ0) is 14.3. The molecule has 6 nitrogen and oxygen atoms in total. The van der Waals surface area contributed by atoms with Gasteiger partial charge in [0, 0.05) is 19.1 Å². The van der Waals surface area contributed by atoms with Gasteiger partial charge < -0.3 is 5.11 Å². The zero-order valence-electron chi connectivity index (χ0n) is 11.6. The van der Waals surface area contributed by atoms with Crippen LogP contribution >= 0.6 is 0 Å². The van der Waals surface area contributed by atoms with Crippen molar-refractivity contribution in [1.29, 1.82) is 0 Å². The van der Waals surface area contributed by atoms with Crippen molar-refractivity contribution in [3.8, 4) is 0 Å². The normalized spacial score (nSPS) is 30.7.